The quantitative estimate of drug-likeness (QED) is 0.869. The summed E-state index contributed by atoms with van der Waals surface area (Å²) in [5.41, 5.74) is 2.44. The first-order chi connectivity index (χ1) is 9.90. The first kappa shape index (κ1) is 13.1. The van der Waals surface area contributed by atoms with E-state index in [1.165, 1.54) is 24.1 Å². The molecule has 2 N–H and O–H groups in total. The standard InChI is InChI=1S/C15H21N5/c1-3-15(18-9-13-5-7-16-8-6-13)4-2-14(1)10-20-12-17-11-19-20/h1-4,11-13,16,18H,5-10H2. The maximum Gasteiger partial charge on any atom is 0.137 e. The Bertz CT molecular complexity index is 500. The van der Waals surface area contributed by atoms with Crippen LogP contribution < -0.4 is 10.6 Å². The van der Waals surface area contributed by atoms with Crippen LogP contribution in [0.1, 0.15) is 18.4 Å². The smallest absolute Gasteiger partial charge is 0.137 e. The van der Waals surface area contributed by atoms with Crippen LogP contribution in [0.5, 0.6) is 0 Å². The average Bonchev–Trinajstić information content (AvgIpc) is 3.01. The van der Waals surface area contributed by atoms with E-state index in [4.69, 9.17) is 0 Å². The first-order valence-corrected chi connectivity index (χ1v) is 7.26. The molecule has 2 aromatic rings. The third-order valence-electron chi connectivity index (χ3n) is 3.82. The zero-order valence-corrected chi connectivity index (χ0v) is 11.6. The third-order valence-corrected chi connectivity index (χ3v) is 3.82. The summed E-state index contributed by atoms with van der Waals surface area (Å²) in [4.78, 5) is 3.95. The van der Waals surface area contributed by atoms with Crippen LogP contribution in [0.4, 0.5) is 5.69 Å². The molecule has 0 spiro atoms. The molecule has 0 amide bonds. The van der Waals surface area contributed by atoms with Crippen molar-refractivity contribution in [1.29, 1.82) is 0 Å². The summed E-state index contributed by atoms with van der Waals surface area (Å²) in [7, 11) is 0. The van der Waals surface area contributed by atoms with Gasteiger partial charge in [-0.2, -0.15) is 5.10 Å². The Kier molecular flexibility index (Phi) is 4.28. The summed E-state index contributed by atoms with van der Waals surface area (Å²) >= 11 is 0. The molecule has 5 nitrogen and oxygen atoms in total. The minimum Gasteiger partial charge on any atom is -0.385 e. The van der Waals surface area contributed by atoms with Crippen LogP contribution in [0.2, 0.25) is 0 Å². The van der Waals surface area contributed by atoms with Gasteiger partial charge in [-0.3, -0.25) is 0 Å². The van der Waals surface area contributed by atoms with Crippen LogP contribution in [-0.2, 0) is 6.54 Å². The Morgan fingerprint density at radius 3 is 2.70 bits per heavy atom. The fourth-order valence-electron chi connectivity index (χ4n) is 2.58. The molecule has 1 fully saturated rings. The molecule has 0 saturated carbocycles. The molecule has 20 heavy (non-hydrogen) atoms. The summed E-state index contributed by atoms with van der Waals surface area (Å²) in [5.74, 6) is 0.797. The Hall–Kier alpha value is -1.88. The normalized spacial score (nSPS) is 16.2. The fraction of sp³-hybridized carbons (Fsp3) is 0.467. The third kappa shape index (κ3) is 3.57. The van der Waals surface area contributed by atoms with Crippen LogP contribution in [-0.4, -0.2) is 34.4 Å². The lowest BCUT2D eigenvalue weighted by Crippen LogP contribution is -2.31. The molecule has 0 aliphatic carbocycles. The number of anilines is 1. The highest BCUT2D eigenvalue weighted by atomic mass is 15.3. The van der Waals surface area contributed by atoms with Gasteiger partial charge in [-0.25, -0.2) is 9.67 Å². The van der Waals surface area contributed by atoms with Gasteiger partial charge < -0.3 is 10.6 Å². The lowest BCUT2D eigenvalue weighted by atomic mass is 9.98. The zero-order chi connectivity index (χ0) is 13.6. The first-order valence-electron chi connectivity index (χ1n) is 7.26. The van der Waals surface area contributed by atoms with Crippen molar-refractivity contribution in [2.45, 2.75) is 19.4 Å². The maximum absolute atomic E-state index is 4.12. The summed E-state index contributed by atoms with van der Waals surface area (Å²) < 4.78 is 1.83. The second kappa shape index (κ2) is 6.52. The van der Waals surface area contributed by atoms with E-state index < -0.39 is 0 Å². The predicted molar refractivity (Wildman–Crippen MR) is 79.6 cm³/mol. The Morgan fingerprint density at radius 1 is 1.20 bits per heavy atom. The number of nitrogens with zero attached hydrogens (tertiary/aromatic N) is 3. The van der Waals surface area contributed by atoms with Gasteiger partial charge >= 0.3 is 0 Å². The summed E-state index contributed by atoms with van der Waals surface area (Å²) in [6.07, 6.45) is 5.85. The highest BCUT2D eigenvalue weighted by molar-refractivity contribution is 5.44. The summed E-state index contributed by atoms with van der Waals surface area (Å²) in [5, 5.41) is 11.1. The van der Waals surface area contributed by atoms with Crippen molar-refractivity contribution in [3.8, 4) is 0 Å². The average molecular weight is 271 g/mol. The summed E-state index contributed by atoms with van der Waals surface area (Å²) in [6.45, 7) is 4.16. The lowest BCUT2D eigenvalue weighted by Gasteiger charge is -2.23. The van der Waals surface area contributed by atoms with Crippen LogP contribution in [0.15, 0.2) is 36.9 Å². The number of piperidine rings is 1. The van der Waals surface area contributed by atoms with E-state index in [0.717, 1.165) is 32.1 Å². The van der Waals surface area contributed by atoms with Gasteiger partial charge in [-0.15, -0.1) is 0 Å². The van der Waals surface area contributed by atoms with Gasteiger partial charge in [0, 0.05) is 12.2 Å². The van der Waals surface area contributed by atoms with Crippen molar-refractivity contribution in [2.75, 3.05) is 25.0 Å². The number of hydrogen-bond acceptors (Lipinski definition) is 4. The maximum atomic E-state index is 4.12. The van der Waals surface area contributed by atoms with Gasteiger partial charge in [0.05, 0.1) is 6.54 Å². The van der Waals surface area contributed by atoms with Crippen LogP contribution in [0, 0.1) is 5.92 Å². The number of benzene rings is 1. The van der Waals surface area contributed by atoms with Crippen molar-refractivity contribution >= 4 is 5.69 Å². The number of rotatable bonds is 5. The highest BCUT2D eigenvalue weighted by Crippen LogP contribution is 2.15. The molecule has 0 unspecified atom stereocenters. The van der Waals surface area contributed by atoms with Gasteiger partial charge in [0.1, 0.15) is 12.7 Å². The van der Waals surface area contributed by atoms with Crippen molar-refractivity contribution in [3.63, 3.8) is 0 Å². The molecule has 106 valence electrons. The van der Waals surface area contributed by atoms with Crippen molar-refractivity contribution in [2.24, 2.45) is 5.92 Å². The zero-order valence-electron chi connectivity index (χ0n) is 11.6. The van der Waals surface area contributed by atoms with Crippen molar-refractivity contribution in [1.82, 2.24) is 20.1 Å². The van der Waals surface area contributed by atoms with Crippen LogP contribution >= 0.6 is 0 Å². The van der Waals surface area contributed by atoms with Crippen molar-refractivity contribution in [3.05, 3.63) is 42.5 Å². The molecular weight excluding hydrogens is 250 g/mol. The van der Waals surface area contributed by atoms with Crippen LogP contribution in [0.3, 0.4) is 0 Å². The van der Waals surface area contributed by atoms with Crippen molar-refractivity contribution < 1.29 is 0 Å². The highest BCUT2D eigenvalue weighted by Gasteiger charge is 2.12. The largest absolute Gasteiger partial charge is 0.385 e. The molecule has 1 aliphatic heterocycles. The molecule has 1 saturated heterocycles. The second-order valence-corrected chi connectivity index (χ2v) is 5.36. The SMILES string of the molecule is c1ncn(Cc2ccc(NCC3CCNCC3)cc2)n1. The number of aromatic nitrogens is 3. The van der Waals surface area contributed by atoms with Gasteiger partial charge in [-0.05, 0) is 49.5 Å². The molecule has 2 heterocycles. The molecular formula is C15H21N5. The van der Waals surface area contributed by atoms with E-state index in [1.807, 2.05) is 4.68 Å². The molecule has 5 heteroatoms. The second-order valence-electron chi connectivity index (χ2n) is 5.36. The van der Waals surface area contributed by atoms with E-state index in [1.54, 1.807) is 12.7 Å². The Morgan fingerprint density at radius 2 is 2.00 bits per heavy atom. The molecule has 0 atom stereocenters. The minimum absolute atomic E-state index is 0.772. The molecule has 1 aromatic carbocycles. The topological polar surface area (TPSA) is 54.8 Å². The molecule has 0 bridgehead atoms. The molecule has 1 aromatic heterocycles. The molecule has 1 aliphatic rings. The lowest BCUT2D eigenvalue weighted by molar-refractivity contribution is 0.390. The fourth-order valence-corrected chi connectivity index (χ4v) is 2.58. The van der Waals surface area contributed by atoms with Gasteiger partial charge in [0.2, 0.25) is 0 Å². The van der Waals surface area contributed by atoms with E-state index in [-0.39, 0.29) is 0 Å². The Balaban J connectivity index is 1.50. The number of nitrogens with one attached hydrogen (secondary N) is 2. The van der Waals surface area contributed by atoms with Gasteiger partial charge in [0.15, 0.2) is 0 Å². The van der Waals surface area contributed by atoms with E-state index in [9.17, 15) is 0 Å². The van der Waals surface area contributed by atoms with E-state index in [2.05, 4.69) is 45.0 Å². The van der Waals surface area contributed by atoms with Crippen LogP contribution in [0.25, 0.3) is 0 Å². The molecule has 0 radical (unpaired) electrons. The summed E-state index contributed by atoms with van der Waals surface area (Å²) in [6, 6.07) is 8.58. The van der Waals surface area contributed by atoms with E-state index in [0.29, 0.717) is 0 Å². The monoisotopic (exact) mass is 271 g/mol. The number of hydrogen-bond donors (Lipinski definition) is 2. The van der Waals surface area contributed by atoms with Gasteiger partial charge in [-0.1, -0.05) is 12.1 Å². The minimum atomic E-state index is 0.772. The Labute approximate surface area is 119 Å². The van der Waals surface area contributed by atoms with Gasteiger partial charge in [0.25, 0.3) is 0 Å². The molecule has 3 rings (SSSR count). The predicted octanol–water partition coefficient (Wildman–Crippen LogP) is 1.74. The van der Waals surface area contributed by atoms with E-state index >= 15 is 0 Å².